The molecule has 0 amide bonds. The van der Waals surface area contributed by atoms with Gasteiger partial charge in [0.05, 0.1) is 5.69 Å². The number of aromatic amines is 1. The van der Waals surface area contributed by atoms with Crippen LogP contribution in [0.25, 0.3) is 17.5 Å². The molecular formula is C11H10N2O2S. The zero-order valence-electron chi connectivity index (χ0n) is 8.60. The molecule has 0 unspecified atom stereocenters. The van der Waals surface area contributed by atoms with Crippen molar-refractivity contribution in [3.8, 4) is 11.4 Å². The zero-order chi connectivity index (χ0) is 11.5. The summed E-state index contributed by atoms with van der Waals surface area (Å²) in [5, 5.41) is 9.22. The van der Waals surface area contributed by atoms with E-state index in [1.807, 2.05) is 25.3 Å². The lowest BCUT2D eigenvalue weighted by molar-refractivity contribution is -0.131. The highest BCUT2D eigenvalue weighted by atomic mass is 32.1. The van der Waals surface area contributed by atoms with Crippen LogP contribution in [0.15, 0.2) is 24.4 Å². The number of rotatable bonds is 3. The molecule has 2 N–H and O–H groups in total. The Balaban J connectivity index is 2.33. The number of aliphatic carboxylic acids is 1. The van der Waals surface area contributed by atoms with E-state index in [4.69, 9.17) is 5.11 Å². The smallest absolute Gasteiger partial charge is 0.328 e. The Bertz CT molecular complexity index is 526. The summed E-state index contributed by atoms with van der Waals surface area (Å²) in [6.07, 6.45) is 4.43. The highest BCUT2D eigenvalue weighted by molar-refractivity contribution is 7.12. The van der Waals surface area contributed by atoms with Gasteiger partial charge in [0.1, 0.15) is 10.7 Å². The quantitative estimate of drug-likeness (QED) is 0.802. The molecule has 0 bridgehead atoms. The molecule has 0 atom stereocenters. The normalized spacial score (nSPS) is 11.1. The van der Waals surface area contributed by atoms with Gasteiger partial charge < -0.3 is 10.1 Å². The summed E-state index contributed by atoms with van der Waals surface area (Å²) in [4.78, 5) is 18.9. The van der Waals surface area contributed by atoms with E-state index in [2.05, 4.69) is 9.97 Å². The number of nitrogens with one attached hydrogen (secondary N) is 1. The van der Waals surface area contributed by atoms with Gasteiger partial charge in [0, 0.05) is 17.2 Å². The molecule has 4 nitrogen and oxygen atoms in total. The van der Waals surface area contributed by atoms with Crippen molar-refractivity contribution in [2.45, 2.75) is 6.92 Å². The Kier molecular flexibility index (Phi) is 2.87. The Hall–Kier alpha value is -1.88. The summed E-state index contributed by atoms with van der Waals surface area (Å²) in [5.74, 6) is -0.964. The van der Waals surface area contributed by atoms with Gasteiger partial charge in [-0.25, -0.2) is 9.78 Å². The molecule has 0 fully saturated rings. The minimum Gasteiger partial charge on any atom is -0.478 e. The molecule has 0 aromatic carbocycles. The molecule has 0 spiro atoms. The van der Waals surface area contributed by atoms with Gasteiger partial charge in [-0.15, -0.1) is 11.3 Å². The lowest BCUT2D eigenvalue weighted by Crippen LogP contribution is -1.85. The second kappa shape index (κ2) is 4.32. The molecule has 2 aromatic rings. The highest BCUT2D eigenvalue weighted by Crippen LogP contribution is 2.26. The lowest BCUT2D eigenvalue weighted by atomic mass is 10.3. The Morgan fingerprint density at radius 2 is 2.44 bits per heavy atom. The molecule has 2 aromatic heterocycles. The maximum atomic E-state index is 10.4. The van der Waals surface area contributed by atoms with E-state index in [1.54, 1.807) is 0 Å². The van der Waals surface area contributed by atoms with Gasteiger partial charge in [-0.05, 0) is 25.1 Å². The number of H-pyrrole nitrogens is 1. The van der Waals surface area contributed by atoms with E-state index >= 15 is 0 Å². The van der Waals surface area contributed by atoms with Crippen LogP contribution >= 0.6 is 11.3 Å². The number of hydrogen-bond acceptors (Lipinski definition) is 3. The molecule has 0 saturated carbocycles. The third-order valence-electron chi connectivity index (χ3n) is 2.03. The van der Waals surface area contributed by atoms with Crippen LogP contribution in [0.1, 0.15) is 9.88 Å². The summed E-state index contributed by atoms with van der Waals surface area (Å²) in [6, 6.07) is 3.84. The van der Waals surface area contributed by atoms with E-state index in [1.165, 1.54) is 17.4 Å². The van der Waals surface area contributed by atoms with Crippen LogP contribution in [-0.2, 0) is 4.79 Å². The van der Waals surface area contributed by atoms with Crippen molar-refractivity contribution in [1.82, 2.24) is 9.97 Å². The summed E-state index contributed by atoms with van der Waals surface area (Å²) < 4.78 is 0. The predicted octanol–water partition coefficient (Wildman–Crippen LogP) is 2.54. The predicted molar refractivity (Wildman–Crippen MR) is 63.3 cm³/mol. The number of carboxylic acid groups (broad SMARTS) is 1. The fourth-order valence-corrected chi connectivity index (χ4v) is 2.20. The van der Waals surface area contributed by atoms with Gasteiger partial charge in [-0.2, -0.15) is 0 Å². The Morgan fingerprint density at radius 3 is 3.06 bits per heavy atom. The van der Waals surface area contributed by atoms with E-state index in [0.717, 1.165) is 22.3 Å². The molecule has 16 heavy (non-hydrogen) atoms. The van der Waals surface area contributed by atoms with Crippen LogP contribution in [0.2, 0.25) is 0 Å². The molecule has 2 heterocycles. The maximum absolute atomic E-state index is 10.4. The standard InChI is InChI=1S/C11H10N2O2S/c1-7-11(8-3-2-6-12-8)13-9(16-7)4-5-10(14)15/h2-6,12H,1H3,(H,14,15)/b5-4+. The summed E-state index contributed by atoms with van der Waals surface area (Å²) in [6.45, 7) is 1.96. The molecule has 0 aliphatic rings. The monoisotopic (exact) mass is 234 g/mol. The number of aryl methyl sites for hydroxylation is 1. The highest BCUT2D eigenvalue weighted by Gasteiger charge is 2.08. The Morgan fingerprint density at radius 1 is 1.62 bits per heavy atom. The minimum atomic E-state index is -0.964. The minimum absolute atomic E-state index is 0.699. The van der Waals surface area contributed by atoms with Crippen LogP contribution in [0.3, 0.4) is 0 Å². The fourth-order valence-electron chi connectivity index (χ4n) is 1.36. The third-order valence-corrected chi connectivity index (χ3v) is 2.97. The van der Waals surface area contributed by atoms with Gasteiger partial charge in [-0.3, -0.25) is 0 Å². The van der Waals surface area contributed by atoms with Crippen molar-refractivity contribution in [2.24, 2.45) is 0 Å². The van der Waals surface area contributed by atoms with Crippen molar-refractivity contribution >= 4 is 23.4 Å². The summed E-state index contributed by atoms with van der Waals surface area (Å²) in [5.41, 5.74) is 1.82. The van der Waals surface area contributed by atoms with Gasteiger partial charge in [0.25, 0.3) is 0 Å². The first-order valence-electron chi connectivity index (χ1n) is 4.69. The van der Waals surface area contributed by atoms with Crippen molar-refractivity contribution in [1.29, 1.82) is 0 Å². The first-order chi connectivity index (χ1) is 7.66. The van der Waals surface area contributed by atoms with Crippen LogP contribution in [0, 0.1) is 6.92 Å². The zero-order valence-corrected chi connectivity index (χ0v) is 9.41. The number of carbonyl (C=O) groups is 1. The van der Waals surface area contributed by atoms with Crippen LogP contribution in [0.4, 0.5) is 0 Å². The number of thiazole rings is 1. The number of nitrogens with zero attached hydrogens (tertiary/aromatic N) is 1. The first kappa shape index (κ1) is 10.6. The molecule has 82 valence electrons. The Labute approximate surface area is 96.3 Å². The second-order valence-corrected chi connectivity index (χ2v) is 4.45. The van der Waals surface area contributed by atoms with Crippen molar-refractivity contribution < 1.29 is 9.90 Å². The average Bonchev–Trinajstić information content (AvgIpc) is 2.83. The van der Waals surface area contributed by atoms with Crippen molar-refractivity contribution in [3.63, 3.8) is 0 Å². The lowest BCUT2D eigenvalue weighted by Gasteiger charge is -1.91. The van der Waals surface area contributed by atoms with E-state index < -0.39 is 5.97 Å². The van der Waals surface area contributed by atoms with Gasteiger partial charge in [-0.1, -0.05) is 0 Å². The van der Waals surface area contributed by atoms with Crippen molar-refractivity contribution in [3.05, 3.63) is 34.3 Å². The van der Waals surface area contributed by atoms with E-state index in [9.17, 15) is 4.79 Å². The fraction of sp³-hybridized carbons (Fsp3) is 0.0909. The second-order valence-electron chi connectivity index (χ2n) is 3.21. The van der Waals surface area contributed by atoms with Crippen LogP contribution < -0.4 is 0 Å². The SMILES string of the molecule is Cc1sc(/C=C/C(=O)O)nc1-c1ccc[nH]1. The third kappa shape index (κ3) is 2.20. The molecule has 2 rings (SSSR count). The van der Waals surface area contributed by atoms with Gasteiger partial charge in [0.15, 0.2) is 0 Å². The van der Waals surface area contributed by atoms with E-state index in [-0.39, 0.29) is 0 Å². The summed E-state index contributed by atoms with van der Waals surface area (Å²) in [7, 11) is 0. The molecule has 5 heteroatoms. The number of aromatic nitrogens is 2. The largest absolute Gasteiger partial charge is 0.478 e. The molecule has 0 aliphatic carbocycles. The molecule has 0 saturated heterocycles. The van der Waals surface area contributed by atoms with Gasteiger partial charge in [0.2, 0.25) is 0 Å². The number of carboxylic acids is 1. The molecule has 0 aliphatic heterocycles. The first-order valence-corrected chi connectivity index (χ1v) is 5.50. The topological polar surface area (TPSA) is 66.0 Å². The number of hydrogen-bond donors (Lipinski definition) is 2. The average molecular weight is 234 g/mol. The van der Waals surface area contributed by atoms with Gasteiger partial charge >= 0.3 is 5.97 Å². The van der Waals surface area contributed by atoms with E-state index in [0.29, 0.717) is 5.01 Å². The van der Waals surface area contributed by atoms with Crippen LogP contribution in [-0.4, -0.2) is 21.0 Å². The summed E-state index contributed by atoms with van der Waals surface area (Å²) >= 11 is 1.47. The van der Waals surface area contributed by atoms with Crippen molar-refractivity contribution in [2.75, 3.05) is 0 Å². The maximum Gasteiger partial charge on any atom is 0.328 e. The van der Waals surface area contributed by atoms with Crippen LogP contribution in [0.5, 0.6) is 0 Å². The molecular weight excluding hydrogens is 224 g/mol. The molecule has 0 radical (unpaired) electrons.